The second-order valence-corrected chi connectivity index (χ2v) is 7.25. The molecule has 1 aromatic carbocycles. The normalized spacial score (nSPS) is 15.3. The Morgan fingerprint density at radius 1 is 1.04 bits per heavy atom. The van der Waals surface area contributed by atoms with Crippen molar-refractivity contribution in [3.63, 3.8) is 0 Å². The molecule has 26 heavy (non-hydrogen) atoms. The summed E-state index contributed by atoms with van der Waals surface area (Å²) in [5.74, 6) is 0.358. The number of aromatic nitrogens is 2. The summed E-state index contributed by atoms with van der Waals surface area (Å²) in [5.41, 5.74) is 4.52. The van der Waals surface area contributed by atoms with E-state index in [1.807, 2.05) is 19.1 Å². The van der Waals surface area contributed by atoms with Gasteiger partial charge < -0.3 is 10.6 Å². The smallest absolute Gasteiger partial charge is 0.270 e. The van der Waals surface area contributed by atoms with Crippen molar-refractivity contribution in [1.82, 2.24) is 15.3 Å². The van der Waals surface area contributed by atoms with Crippen LogP contribution in [-0.2, 0) is 0 Å². The Labute approximate surface area is 155 Å². The lowest BCUT2D eigenvalue weighted by atomic mass is 10.1. The number of hydrogen-bond donors (Lipinski definition) is 2. The first-order valence-electron chi connectivity index (χ1n) is 9.53. The van der Waals surface area contributed by atoms with Gasteiger partial charge in [0, 0.05) is 17.4 Å². The molecule has 1 heterocycles. The van der Waals surface area contributed by atoms with Crippen LogP contribution in [0.4, 0.5) is 11.6 Å². The van der Waals surface area contributed by atoms with Gasteiger partial charge in [-0.05, 0) is 56.9 Å². The summed E-state index contributed by atoms with van der Waals surface area (Å²) in [5, 5.41) is 6.42. The van der Waals surface area contributed by atoms with Gasteiger partial charge in [-0.3, -0.25) is 4.79 Å². The highest BCUT2D eigenvalue weighted by Crippen LogP contribution is 2.22. The molecule has 1 aromatic heterocycles. The summed E-state index contributed by atoms with van der Waals surface area (Å²) in [6.07, 6.45) is 7.03. The van der Waals surface area contributed by atoms with E-state index in [4.69, 9.17) is 0 Å². The van der Waals surface area contributed by atoms with E-state index in [0.717, 1.165) is 29.8 Å². The van der Waals surface area contributed by atoms with Crippen LogP contribution in [-0.4, -0.2) is 21.9 Å². The molecule has 0 bridgehead atoms. The van der Waals surface area contributed by atoms with Crippen molar-refractivity contribution >= 4 is 17.5 Å². The van der Waals surface area contributed by atoms with Gasteiger partial charge >= 0.3 is 0 Å². The van der Waals surface area contributed by atoms with E-state index < -0.39 is 0 Å². The second kappa shape index (κ2) is 8.30. The third-order valence-electron chi connectivity index (χ3n) is 5.13. The molecule has 0 aliphatic heterocycles. The Bertz CT molecular complexity index is 780. The molecule has 138 valence electrons. The van der Waals surface area contributed by atoms with Gasteiger partial charge in [-0.25, -0.2) is 9.97 Å². The highest BCUT2D eigenvalue weighted by Gasteiger charge is 2.18. The first-order chi connectivity index (χ1) is 12.5. The Morgan fingerprint density at radius 3 is 2.50 bits per heavy atom. The lowest BCUT2D eigenvalue weighted by Gasteiger charge is -2.16. The molecule has 0 spiro atoms. The number of nitrogens with one attached hydrogen (secondary N) is 2. The fourth-order valence-corrected chi connectivity index (χ4v) is 3.43. The Morgan fingerprint density at radius 2 is 1.77 bits per heavy atom. The number of benzene rings is 1. The maximum atomic E-state index is 12.7. The number of carbonyl (C=O) groups is 1. The van der Waals surface area contributed by atoms with Crippen LogP contribution >= 0.6 is 0 Å². The maximum absolute atomic E-state index is 12.7. The van der Waals surface area contributed by atoms with Crippen LogP contribution in [0.5, 0.6) is 0 Å². The van der Waals surface area contributed by atoms with Gasteiger partial charge in [0.05, 0.1) is 0 Å². The zero-order valence-corrected chi connectivity index (χ0v) is 15.9. The predicted molar refractivity (Wildman–Crippen MR) is 105 cm³/mol. The molecule has 1 aliphatic carbocycles. The molecule has 1 fully saturated rings. The van der Waals surface area contributed by atoms with Crippen molar-refractivity contribution in [2.45, 2.75) is 65.3 Å². The number of anilines is 2. The standard InChI is InChI=1S/C21H28N4O/c1-14-9-8-12-18(16(14)3)24-21-22-15(2)13-19(25-21)20(26)23-17-10-6-4-5-7-11-17/h8-9,12-13,17H,4-7,10-11H2,1-3H3,(H,23,26)(H,22,24,25). The van der Waals surface area contributed by atoms with E-state index >= 15 is 0 Å². The van der Waals surface area contributed by atoms with Gasteiger partial charge in [0.25, 0.3) is 5.91 Å². The zero-order valence-electron chi connectivity index (χ0n) is 15.9. The zero-order chi connectivity index (χ0) is 18.5. The van der Waals surface area contributed by atoms with Crippen molar-refractivity contribution < 1.29 is 4.79 Å². The maximum Gasteiger partial charge on any atom is 0.270 e. The minimum atomic E-state index is -0.105. The summed E-state index contributed by atoms with van der Waals surface area (Å²) in [6.45, 7) is 6.02. The van der Waals surface area contributed by atoms with Crippen molar-refractivity contribution in [3.8, 4) is 0 Å². The third-order valence-corrected chi connectivity index (χ3v) is 5.13. The molecule has 2 aromatic rings. The minimum Gasteiger partial charge on any atom is -0.348 e. The van der Waals surface area contributed by atoms with E-state index in [0.29, 0.717) is 11.6 Å². The molecular weight excluding hydrogens is 324 g/mol. The summed E-state index contributed by atoms with van der Waals surface area (Å²) >= 11 is 0. The van der Waals surface area contributed by atoms with Crippen molar-refractivity contribution in [1.29, 1.82) is 0 Å². The van der Waals surface area contributed by atoms with E-state index in [1.54, 1.807) is 6.07 Å². The van der Waals surface area contributed by atoms with Gasteiger partial charge in [-0.2, -0.15) is 0 Å². The molecule has 0 saturated heterocycles. The Balaban J connectivity index is 1.76. The second-order valence-electron chi connectivity index (χ2n) is 7.25. The van der Waals surface area contributed by atoms with Crippen LogP contribution in [0.25, 0.3) is 0 Å². The van der Waals surface area contributed by atoms with Crippen LogP contribution in [0, 0.1) is 20.8 Å². The molecule has 5 nitrogen and oxygen atoms in total. The van der Waals surface area contributed by atoms with Crippen LogP contribution in [0.2, 0.25) is 0 Å². The number of amides is 1. The van der Waals surface area contributed by atoms with Crippen molar-refractivity contribution in [2.24, 2.45) is 0 Å². The first kappa shape index (κ1) is 18.4. The highest BCUT2D eigenvalue weighted by molar-refractivity contribution is 5.92. The van der Waals surface area contributed by atoms with Crippen LogP contribution in [0.3, 0.4) is 0 Å². The molecular formula is C21H28N4O. The van der Waals surface area contributed by atoms with Gasteiger partial charge in [-0.15, -0.1) is 0 Å². The molecule has 3 rings (SSSR count). The first-order valence-corrected chi connectivity index (χ1v) is 9.53. The van der Waals surface area contributed by atoms with E-state index in [1.165, 1.54) is 31.2 Å². The Kier molecular flexibility index (Phi) is 5.86. The molecule has 0 radical (unpaired) electrons. The largest absolute Gasteiger partial charge is 0.348 e. The average molecular weight is 352 g/mol. The van der Waals surface area contributed by atoms with Gasteiger partial charge in [-0.1, -0.05) is 37.8 Å². The third kappa shape index (κ3) is 4.59. The fraction of sp³-hybridized carbons (Fsp3) is 0.476. The number of rotatable bonds is 4. The topological polar surface area (TPSA) is 66.9 Å². The summed E-state index contributed by atoms with van der Waals surface area (Å²) < 4.78 is 0. The van der Waals surface area contributed by atoms with Gasteiger partial charge in [0.1, 0.15) is 5.69 Å². The van der Waals surface area contributed by atoms with Crippen molar-refractivity contribution in [3.05, 3.63) is 46.8 Å². The van der Waals surface area contributed by atoms with Crippen LogP contribution in [0.15, 0.2) is 24.3 Å². The van der Waals surface area contributed by atoms with Crippen molar-refractivity contribution in [2.75, 3.05) is 5.32 Å². The molecule has 5 heteroatoms. The minimum absolute atomic E-state index is 0.105. The van der Waals surface area contributed by atoms with Crippen LogP contribution < -0.4 is 10.6 Å². The van der Waals surface area contributed by atoms with Crippen LogP contribution in [0.1, 0.15) is 65.8 Å². The molecule has 0 atom stereocenters. The number of aryl methyl sites for hydroxylation is 2. The lowest BCUT2D eigenvalue weighted by molar-refractivity contribution is 0.0928. The molecule has 0 unspecified atom stereocenters. The SMILES string of the molecule is Cc1cc(C(=O)NC2CCCCCC2)nc(Nc2cccc(C)c2C)n1. The highest BCUT2D eigenvalue weighted by atomic mass is 16.1. The quantitative estimate of drug-likeness (QED) is 0.789. The van der Waals surface area contributed by atoms with E-state index in [2.05, 4.69) is 40.5 Å². The molecule has 1 saturated carbocycles. The number of hydrogen-bond acceptors (Lipinski definition) is 4. The Hall–Kier alpha value is -2.43. The summed E-state index contributed by atoms with van der Waals surface area (Å²) in [7, 11) is 0. The van der Waals surface area contributed by atoms with E-state index in [-0.39, 0.29) is 11.9 Å². The van der Waals surface area contributed by atoms with Gasteiger partial charge in [0.15, 0.2) is 0 Å². The molecule has 1 aliphatic rings. The summed E-state index contributed by atoms with van der Waals surface area (Å²) in [4.78, 5) is 21.6. The summed E-state index contributed by atoms with van der Waals surface area (Å²) in [6, 6.07) is 8.08. The fourth-order valence-electron chi connectivity index (χ4n) is 3.43. The number of nitrogens with zero attached hydrogens (tertiary/aromatic N) is 2. The van der Waals surface area contributed by atoms with E-state index in [9.17, 15) is 4.79 Å². The molecule has 1 amide bonds. The monoisotopic (exact) mass is 352 g/mol. The average Bonchev–Trinajstić information content (AvgIpc) is 2.87. The number of carbonyl (C=O) groups excluding carboxylic acids is 1. The lowest BCUT2D eigenvalue weighted by Crippen LogP contribution is -2.35. The predicted octanol–water partition coefficient (Wildman–Crippen LogP) is 4.60. The van der Waals surface area contributed by atoms with Gasteiger partial charge in [0.2, 0.25) is 5.95 Å². The molecule has 2 N–H and O–H groups in total.